The predicted octanol–water partition coefficient (Wildman–Crippen LogP) is 2.30. The van der Waals surface area contributed by atoms with Crippen molar-refractivity contribution in [2.24, 2.45) is 0 Å². The molecule has 0 saturated heterocycles. The van der Waals surface area contributed by atoms with Gasteiger partial charge in [0.1, 0.15) is 0 Å². The summed E-state index contributed by atoms with van der Waals surface area (Å²) in [4.78, 5) is 0. The first kappa shape index (κ1) is 6.27. The summed E-state index contributed by atoms with van der Waals surface area (Å²) in [5.41, 5.74) is 1.76. The molecular formula is C8H11N. The molecule has 0 aromatic heterocycles. The minimum absolute atomic E-state index is 0.672. The van der Waals surface area contributed by atoms with E-state index in [1.807, 2.05) is 13.0 Å². The van der Waals surface area contributed by atoms with E-state index >= 15 is 0 Å². The molecule has 0 radical (unpaired) electrons. The van der Waals surface area contributed by atoms with E-state index in [-0.39, 0.29) is 0 Å². The minimum atomic E-state index is 0.672. The van der Waals surface area contributed by atoms with Crippen molar-refractivity contribution in [3.8, 4) is 0 Å². The van der Waals surface area contributed by atoms with Crippen molar-refractivity contribution >= 4 is 5.71 Å². The lowest BCUT2D eigenvalue weighted by atomic mass is 10.0. The van der Waals surface area contributed by atoms with Crippen LogP contribution in [0.25, 0.3) is 0 Å². The van der Waals surface area contributed by atoms with Crippen LogP contribution in [0.1, 0.15) is 19.8 Å². The van der Waals surface area contributed by atoms with Gasteiger partial charge < -0.3 is 5.41 Å². The number of hydrogen-bond donors (Lipinski definition) is 1. The molecule has 0 heterocycles. The summed E-state index contributed by atoms with van der Waals surface area (Å²) in [7, 11) is 0. The highest BCUT2D eigenvalue weighted by Crippen LogP contribution is 2.09. The monoisotopic (exact) mass is 121 g/mol. The molecule has 1 N–H and O–H groups in total. The summed E-state index contributed by atoms with van der Waals surface area (Å²) in [6.07, 6.45) is 8.49. The molecule has 1 aliphatic rings. The molecule has 0 saturated carbocycles. The molecule has 0 amide bonds. The van der Waals surface area contributed by atoms with Crippen LogP contribution in [-0.2, 0) is 0 Å². The fourth-order valence-corrected chi connectivity index (χ4v) is 0.891. The molecule has 9 heavy (non-hydrogen) atoms. The highest BCUT2D eigenvalue weighted by molar-refractivity contribution is 5.98. The van der Waals surface area contributed by atoms with Gasteiger partial charge in [-0.25, -0.2) is 0 Å². The van der Waals surface area contributed by atoms with Crippen molar-refractivity contribution in [2.75, 3.05) is 0 Å². The molecule has 1 aliphatic carbocycles. The summed E-state index contributed by atoms with van der Waals surface area (Å²) in [6.45, 7) is 1.82. The van der Waals surface area contributed by atoms with E-state index < -0.39 is 0 Å². The SMILES string of the molecule is CC(=N)C1=CCCC=C1. The van der Waals surface area contributed by atoms with E-state index in [1.165, 1.54) is 0 Å². The molecule has 0 unspecified atom stereocenters. The predicted molar refractivity (Wildman–Crippen MR) is 39.9 cm³/mol. The first-order valence-electron chi connectivity index (χ1n) is 3.23. The second-order valence-corrected chi connectivity index (χ2v) is 2.26. The first-order valence-corrected chi connectivity index (χ1v) is 3.23. The average Bonchev–Trinajstić information content (AvgIpc) is 1.90. The van der Waals surface area contributed by atoms with Crippen LogP contribution in [0.2, 0.25) is 0 Å². The Balaban J connectivity index is 2.69. The molecule has 0 bridgehead atoms. The summed E-state index contributed by atoms with van der Waals surface area (Å²) in [5, 5.41) is 7.27. The van der Waals surface area contributed by atoms with Gasteiger partial charge >= 0.3 is 0 Å². The van der Waals surface area contributed by atoms with Gasteiger partial charge in [-0.2, -0.15) is 0 Å². The van der Waals surface area contributed by atoms with Crippen LogP contribution < -0.4 is 0 Å². The third kappa shape index (κ3) is 1.53. The normalized spacial score (nSPS) is 17.2. The second-order valence-electron chi connectivity index (χ2n) is 2.26. The van der Waals surface area contributed by atoms with Gasteiger partial charge in [0.25, 0.3) is 0 Å². The number of rotatable bonds is 1. The van der Waals surface area contributed by atoms with Crippen LogP contribution in [0.5, 0.6) is 0 Å². The van der Waals surface area contributed by atoms with Crippen LogP contribution in [0, 0.1) is 5.41 Å². The Labute approximate surface area is 55.6 Å². The Hall–Kier alpha value is -0.850. The zero-order chi connectivity index (χ0) is 6.69. The van der Waals surface area contributed by atoms with E-state index in [1.54, 1.807) is 0 Å². The van der Waals surface area contributed by atoms with Gasteiger partial charge in [-0.05, 0) is 25.3 Å². The van der Waals surface area contributed by atoms with Gasteiger partial charge in [-0.15, -0.1) is 0 Å². The molecule has 1 heteroatoms. The lowest BCUT2D eigenvalue weighted by Crippen LogP contribution is -1.94. The summed E-state index contributed by atoms with van der Waals surface area (Å²) in [5.74, 6) is 0. The van der Waals surface area contributed by atoms with Gasteiger partial charge in [-0.1, -0.05) is 18.2 Å². The average molecular weight is 121 g/mol. The second kappa shape index (κ2) is 2.62. The molecule has 0 aromatic carbocycles. The van der Waals surface area contributed by atoms with Gasteiger partial charge in [-0.3, -0.25) is 0 Å². The highest BCUT2D eigenvalue weighted by atomic mass is 14.4. The van der Waals surface area contributed by atoms with E-state index in [4.69, 9.17) is 5.41 Å². The Morgan fingerprint density at radius 1 is 1.56 bits per heavy atom. The molecular weight excluding hydrogens is 110 g/mol. The molecule has 0 aromatic rings. The fraction of sp³-hybridized carbons (Fsp3) is 0.375. The smallest absolute Gasteiger partial charge is 0.0351 e. The first-order chi connectivity index (χ1) is 4.30. The maximum Gasteiger partial charge on any atom is 0.0351 e. The van der Waals surface area contributed by atoms with Crippen molar-refractivity contribution < 1.29 is 0 Å². The van der Waals surface area contributed by atoms with Gasteiger partial charge in [0, 0.05) is 5.71 Å². The molecule has 0 atom stereocenters. The highest BCUT2D eigenvalue weighted by Gasteiger charge is 1.96. The van der Waals surface area contributed by atoms with E-state index in [0.29, 0.717) is 5.71 Å². The van der Waals surface area contributed by atoms with Crippen LogP contribution in [0.3, 0.4) is 0 Å². The maximum absolute atomic E-state index is 7.27. The van der Waals surface area contributed by atoms with Crippen LogP contribution in [0.4, 0.5) is 0 Å². The molecule has 0 fully saturated rings. The van der Waals surface area contributed by atoms with Crippen molar-refractivity contribution in [3.05, 3.63) is 23.8 Å². The number of allylic oxidation sites excluding steroid dienone is 4. The number of nitrogens with one attached hydrogen (secondary N) is 1. The van der Waals surface area contributed by atoms with E-state index in [9.17, 15) is 0 Å². The van der Waals surface area contributed by atoms with Gasteiger partial charge in [0.15, 0.2) is 0 Å². The molecule has 0 spiro atoms. The lowest BCUT2D eigenvalue weighted by molar-refractivity contribution is 1.03. The van der Waals surface area contributed by atoms with Crippen LogP contribution in [0.15, 0.2) is 23.8 Å². The number of hydrogen-bond acceptors (Lipinski definition) is 1. The quantitative estimate of drug-likeness (QED) is 0.515. The third-order valence-electron chi connectivity index (χ3n) is 1.43. The van der Waals surface area contributed by atoms with Crippen molar-refractivity contribution in [1.29, 1.82) is 5.41 Å². The van der Waals surface area contributed by atoms with Crippen molar-refractivity contribution in [3.63, 3.8) is 0 Å². The zero-order valence-electron chi connectivity index (χ0n) is 5.65. The molecule has 48 valence electrons. The van der Waals surface area contributed by atoms with Crippen molar-refractivity contribution in [1.82, 2.24) is 0 Å². The zero-order valence-corrected chi connectivity index (χ0v) is 5.65. The van der Waals surface area contributed by atoms with Crippen LogP contribution in [-0.4, -0.2) is 5.71 Å². The van der Waals surface area contributed by atoms with E-state index in [2.05, 4.69) is 12.2 Å². The Kier molecular flexibility index (Phi) is 1.83. The summed E-state index contributed by atoms with van der Waals surface area (Å²) < 4.78 is 0. The van der Waals surface area contributed by atoms with Crippen LogP contribution >= 0.6 is 0 Å². The summed E-state index contributed by atoms with van der Waals surface area (Å²) >= 11 is 0. The minimum Gasteiger partial charge on any atom is -0.305 e. The fourth-order valence-electron chi connectivity index (χ4n) is 0.891. The Morgan fingerprint density at radius 2 is 2.33 bits per heavy atom. The lowest BCUT2D eigenvalue weighted by Gasteiger charge is -2.02. The van der Waals surface area contributed by atoms with Gasteiger partial charge in [0.05, 0.1) is 0 Å². The largest absolute Gasteiger partial charge is 0.305 e. The van der Waals surface area contributed by atoms with Gasteiger partial charge in [0.2, 0.25) is 0 Å². The Morgan fingerprint density at radius 3 is 2.67 bits per heavy atom. The third-order valence-corrected chi connectivity index (χ3v) is 1.43. The molecule has 0 aliphatic heterocycles. The maximum atomic E-state index is 7.27. The van der Waals surface area contributed by atoms with Crippen molar-refractivity contribution in [2.45, 2.75) is 19.8 Å². The van der Waals surface area contributed by atoms with E-state index in [0.717, 1.165) is 18.4 Å². The molecule has 1 rings (SSSR count). The topological polar surface area (TPSA) is 23.9 Å². The summed E-state index contributed by atoms with van der Waals surface area (Å²) in [6, 6.07) is 0. The standard InChI is InChI=1S/C8H11N/c1-7(9)8-5-3-2-4-6-8/h3,5-6,9H,2,4H2,1H3. The molecule has 1 nitrogen and oxygen atoms in total. The Bertz CT molecular complexity index is 175.